The molecule has 14 heavy (non-hydrogen) atoms. The van der Waals surface area contributed by atoms with Crippen LogP contribution in [-0.2, 0) is 6.54 Å². The molecule has 74 valence electrons. The number of anilines is 1. The van der Waals surface area contributed by atoms with E-state index in [1.165, 1.54) is 0 Å². The lowest BCUT2D eigenvalue weighted by Crippen LogP contribution is -2.17. The van der Waals surface area contributed by atoms with Gasteiger partial charge in [0.05, 0.1) is 12.5 Å². The molecule has 0 saturated carbocycles. The average molecular weight is 191 g/mol. The number of hydrogen-bond acceptors (Lipinski definition) is 3. The van der Waals surface area contributed by atoms with Gasteiger partial charge in [-0.25, -0.2) is 4.98 Å². The number of furan rings is 1. The molecule has 0 fully saturated rings. The molecule has 0 aliphatic rings. The first kappa shape index (κ1) is 8.87. The number of aryl methyl sites for hydroxylation is 1. The van der Waals surface area contributed by atoms with Crippen molar-refractivity contribution in [3.05, 3.63) is 36.0 Å². The van der Waals surface area contributed by atoms with Gasteiger partial charge in [-0.15, -0.1) is 0 Å². The SMILES string of the molecule is Cc1cnc(N(C)Cc2ccoc2)[nH]1. The van der Waals surface area contributed by atoms with Crippen LogP contribution in [0.4, 0.5) is 5.95 Å². The monoisotopic (exact) mass is 191 g/mol. The fourth-order valence-electron chi connectivity index (χ4n) is 1.32. The van der Waals surface area contributed by atoms with Crippen molar-refractivity contribution in [1.29, 1.82) is 0 Å². The molecule has 1 N–H and O–H groups in total. The van der Waals surface area contributed by atoms with E-state index < -0.39 is 0 Å². The van der Waals surface area contributed by atoms with Crippen LogP contribution in [0.15, 0.2) is 29.2 Å². The third-order valence-electron chi connectivity index (χ3n) is 2.05. The van der Waals surface area contributed by atoms with Gasteiger partial charge in [-0.05, 0) is 13.0 Å². The van der Waals surface area contributed by atoms with Crippen LogP contribution in [0.1, 0.15) is 11.3 Å². The van der Waals surface area contributed by atoms with Crippen molar-refractivity contribution in [1.82, 2.24) is 9.97 Å². The van der Waals surface area contributed by atoms with Crippen molar-refractivity contribution in [2.24, 2.45) is 0 Å². The van der Waals surface area contributed by atoms with Gasteiger partial charge in [0, 0.05) is 31.0 Å². The van der Waals surface area contributed by atoms with Crippen molar-refractivity contribution >= 4 is 5.95 Å². The van der Waals surface area contributed by atoms with Crippen molar-refractivity contribution in [2.75, 3.05) is 11.9 Å². The molecular weight excluding hydrogens is 178 g/mol. The molecule has 0 aliphatic carbocycles. The van der Waals surface area contributed by atoms with Gasteiger partial charge >= 0.3 is 0 Å². The van der Waals surface area contributed by atoms with Gasteiger partial charge in [0.15, 0.2) is 0 Å². The van der Waals surface area contributed by atoms with Crippen LogP contribution in [0.3, 0.4) is 0 Å². The molecule has 0 atom stereocenters. The van der Waals surface area contributed by atoms with Gasteiger partial charge in [0.25, 0.3) is 0 Å². The Kier molecular flexibility index (Phi) is 2.26. The molecule has 0 spiro atoms. The van der Waals surface area contributed by atoms with E-state index in [9.17, 15) is 0 Å². The van der Waals surface area contributed by atoms with E-state index in [0.29, 0.717) is 0 Å². The number of hydrogen-bond donors (Lipinski definition) is 1. The first-order chi connectivity index (χ1) is 6.75. The highest BCUT2D eigenvalue weighted by Crippen LogP contribution is 2.11. The van der Waals surface area contributed by atoms with Gasteiger partial charge in [-0.3, -0.25) is 0 Å². The Morgan fingerprint density at radius 1 is 1.57 bits per heavy atom. The zero-order chi connectivity index (χ0) is 9.97. The van der Waals surface area contributed by atoms with Crippen LogP contribution in [0.25, 0.3) is 0 Å². The number of H-pyrrole nitrogens is 1. The van der Waals surface area contributed by atoms with Crippen LogP contribution in [0, 0.1) is 6.92 Å². The van der Waals surface area contributed by atoms with E-state index >= 15 is 0 Å². The molecule has 4 nitrogen and oxygen atoms in total. The topological polar surface area (TPSA) is 45.1 Å². The van der Waals surface area contributed by atoms with E-state index in [0.717, 1.165) is 23.8 Å². The summed E-state index contributed by atoms with van der Waals surface area (Å²) in [6.07, 6.45) is 5.24. The lowest BCUT2D eigenvalue weighted by molar-refractivity contribution is 0.563. The normalized spacial score (nSPS) is 10.4. The molecular formula is C10H13N3O. The predicted molar refractivity (Wildman–Crippen MR) is 54.1 cm³/mol. The Hall–Kier alpha value is -1.71. The smallest absolute Gasteiger partial charge is 0.202 e. The third kappa shape index (κ3) is 1.79. The second kappa shape index (κ2) is 3.57. The minimum absolute atomic E-state index is 0.795. The molecule has 0 bridgehead atoms. The first-order valence-electron chi connectivity index (χ1n) is 4.49. The molecule has 0 aliphatic heterocycles. The number of imidazole rings is 1. The Morgan fingerprint density at radius 3 is 3.00 bits per heavy atom. The maximum Gasteiger partial charge on any atom is 0.202 e. The van der Waals surface area contributed by atoms with Crippen LogP contribution in [0.5, 0.6) is 0 Å². The second-order valence-corrected chi connectivity index (χ2v) is 3.38. The van der Waals surface area contributed by atoms with Gasteiger partial charge in [0.2, 0.25) is 5.95 Å². The summed E-state index contributed by atoms with van der Waals surface area (Å²) in [4.78, 5) is 9.45. The molecule has 0 aromatic carbocycles. The summed E-state index contributed by atoms with van der Waals surface area (Å²) in [5.74, 6) is 0.878. The molecule has 0 saturated heterocycles. The summed E-state index contributed by atoms with van der Waals surface area (Å²) in [6.45, 7) is 2.78. The number of aromatic amines is 1. The molecule has 4 heteroatoms. The Balaban J connectivity index is 2.06. The molecule has 0 unspecified atom stereocenters. The lowest BCUT2D eigenvalue weighted by atomic mass is 10.3. The van der Waals surface area contributed by atoms with E-state index in [2.05, 4.69) is 9.97 Å². The molecule has 2 aromatic rings. The summed E-state index contributed by atoms with van der Waals surface area (Å²) in [5, 5.41) is 0. The number of nitrogens with one attached hydrogen (secondary N) is 1. The maximum atomic E-state index is 5.00. The van der Waals surface area contributed by atoms with Crippen molar-refractivity contribution in [2.45, 2.75) is 13.5 Å². The van der Waals surface area contributed by atoms with Crippen LogP contribution < -0.4 is 4.90 Å². The number of aromatic nitrogens is 2. The van der Waals surface area contributed by atoms with E-state index in [1.54, 1.807) is 12.5 Å². The molecule has 0 radical (unpaired) electrons. The van der Waals surface area contributed by atoms with E-state index in [4.69, 9.17) is 4.42 Å². The van der Waals surface area contributed by atoms with Crippen molar-refractivity contribution in [3.8, 4) is 0 Å². The van der Waals surface area contributed by atoms with E-state index in [-0.39, 0.29) is 0 Å². The van der Waals surface area contributed by atoms with Gasteiger partial charge in [0.1, 0.15) is 0 Å². The van der Waals surface area contributed by atoms with Crippen LogP contribution >= 0.6 is 0 Å². The summed E-state index contributed by atoms with van der Waals surface area (Å²) < 4.78 is 5.00. The average Bonchev–Trinajstić information content (AvgIpc) is 2.75. The van der Waals surface area contributed by atoms with Gasteiger partial charge in [-0.2, -0.15) is 0 Å². The summed E-state index contributed by atoms with van der Waals surface area (Å²) >= 11 is 0. The van der Waals surface area contributed by atoms with Crippen molar-refractivity contribution in [3.63, 3.8) is 0 Å². The van der Waals surface area contributed by atoms with Gasteiger partial charge in [-0.1, -0.05) is 0 Å². The molecule has 0 amide bonds. The van der Waals surface area contributed by atoms with Gasteiger partial charge < -0.3 is 14.3 Å². The Bertz CT molecular complexity index is 391. The Labute approximate surface area is 82.6 Å². The fourth-order valence-corrected chi connectivity index (χ4v) is 1.32. The first-order valence-corrected chi connectivity index (χ1v) is 4.49. The van der Waals surface area contributed by atoms with E-state index in [1.807, 2.05) is 31.1 Å². The largest absolute Gasteiger partial charge is 0.472 e. The maximum absolute atomic E-state index is 5.00. The highest BCUT2D eigenvalue weighted by molar-refractivity contribution is 5.31. The van der Waals surface area contributed by atoms with Crippen LogP contribution in [0.2, 0.25) is 0 Å². The molecule has 2 aromatic heterocycles. The molecule has 2 heterocycles. The highest BCUT2D eigenvalue weighted by Gasteiger charge is 2.05. The second-order valence-electron chi connectivity index (χ2n) is 3.38. The minimum atomic E-state index is 0.795. The Morgan fingerprint density at radius 2 is 2.43 bits per heavy atom. The molecule has 2 rings (SSSR count). The summed E-state index contributed by atoms with van der Waals surface area (Å²) in [5.41, 5.74) is 2.21. The zero-order valence-electron chi connectivity index (χ0n) is 8.32. The summed E-state index contributed by atoms with van der Waals surface area (Å²) in [6, 6.07) is 1.95. The third-order valence-corrected chi connectivity index (χ3v) is 2.05. The highest BCUT2D eigenvalue weighted by atomic mass is 16.3. The van der Waals surface area contributed by atoms with Crippen LogP contribution in [-0.4, -0.2) is 17.0 Å². The number of nitrogens with zero attached hydrogens (tertiary/aromatic N) is 2. The summed E-state index contributed by atoms with van der Waals surface area (Å²) in [7, 11) is 1.99. The minimum Gasteiger partial charge on any atom is -0.472 e. The zero-order valence-corrected chi connectivity index (χ0v) is 8.32. The fraction of sp³-hybridized carbons (Fsp3) is 0.300. The lowest BCUT2D eigenvalue weighted by Gasteiger charge is -2.14. The quantitative estimate of drug-likeness (QED) is 0.806. The predicted octanol–water partition coefficient (Wildman–Crippen LogP) is 1.95. The standard InChI is InChI=1S/C10H13N3O/c1-8-5-11-10(12-8)13(2)6-9-3-4-14-7-9/h3-5,7H,6H2,1-2H3,(H,11,12). The van der Waals surface area contributed by atoms with Crippen molar-refractivity contribution < 1.29 is 4.42 Å². The number of rotatable bonds is 3.